The summed E-state index contributed by atoms with van der Waals surface area (Å²) in [4.78, 5) is 36.3. The molecule has 0 saturated heterocycles. The number of benzene rings is 3. The molecule has 0 saturated carbocycles. The van der Waals surface area contributed by atoms with Gasteiger partial charge in [-0.3, -0.25) is 9.59 Å². The third-order valence-corrected chi connectivity index (χ3v) is 5.29. The molecular formula is C28H23NO6. The summed E-state index contributed by atoms with van der Waals surface area (Å²) in [5, 5.41) is 3.52. The lowest BCUT2D eigenvalue weighted by atomic mass is 10.1. The number of anilines is 1. The number of carbonyl (C=O) groups excluding carboxylic acids is 2. The molecule has 0 atom stereocenters. The Labute approximate surface area is 201 Å². The van der Waals surface area contributed by atoms with Gasteiger partial charge in [-0.25, -0.2) is 4.79 Å². The van der Waals surface area contributed by atoms with Crippen LogP contribution in [0.2, 0.25) is 0 Å². The summed E-state index contributed by atoms with van der Waals surface area (Å²) in [5.74, 6) is 0.637. The first-order valence-electron chi connectivity index (χ1n) is 10.8. The Hall–Kier alpha value is -4.65. The minimum absolute atomic E-state index is 0.153. The zero-order valence-corrected chi connectivity index (χ0v) is 19.2. The number of aryl methyl sites for hydroxylation is 1. The Bertz CT molecular complexity index is 1450. The number of carbonyl (C=O) groups is 2. The van der Waals surface area contributed by atoms with Gasteiger partial charge in [0.25, 0.3) is 5.91 Å². The zero-order chi connectivity index (χ0) is 24.8. The first kappa shape index (κ1) is 23.5. The van der Waals surface area contributed by atoms with E-state index >= 15 is 0 Å². The molecule has 0 unspecified atom stereocenters. The summed E-state index contributed by atoms with van der Waals surface area (Å²) in [5.41, 5.74) is 2.68. The highest BCUT2D eigenvalue weighted by molar-refractivity contribution is 6.07. The van der Waals surface area contributed by atoms with Crippen molar-refractivity contribution in [1.82, 2.24) is 0 Å². The highest BCUT2D eigenvalue weighted by Crippen LogP contribution is 2.22. The van der Waals surface area contributed by atoms with Crippen LogP contribution < -0.4 is 20.4 Å². The summed E-state index contributed by atoms with van der Waals surface area (Å²) in [6.07, 6.45) is 3.23. The van der Waals surface area contributed by atoms with Crippen molar-refractivity contribution < 1.29 is 23.5 Å². The standard InChI is InChI=1S/C28H23NO6/c1-18-15-28(32)35-26-16-23(12-13-24(18)26)34-17-27(31)29-21-8-6-20(7-9-21)25(30)14-5-19-3-10-22(33-2)11-4-19/h3-16H,17H2,1-2H3,(H,29,31)/b14-5+. The van der Waals surface area contributed by atoms with Crippen molar-refractivity contribution in [3.63, 3.8) is 0 Å². The molecule has 0 bridgehead atoms. The topological polar surface area (TPSA) is 94.8 Å². The lowest BCUT2D eigenvalue weighted by Gasteiger charge is -2.09. The Kier molecular flexibility index (Phi) is 7.07. The monoisotopic (exact) mass is 469 g/mol. The molecule has 1 N–H and O–H groups in total. The van der Waals surface area contributed by atoms with Crippen LogP contribution >= 0.6 is 0 Å². The van der Waals surface area contributed by atoms with Crippen molar-refractivity contribution in [3.8, 4) is 11.5 Å². The fourth-order valence-corrected chi connectivity index (χ4v) is 3.44. The summed E-state index contributed by atoms with van der Waals surface area (Å²) in [6.45, 7) is 1.59. The second-order valence-electron chi connectivity index (χ2n) is 7.79. The second kappa shape index (κ2) is 10.5. The maximum absolute atomic E-state index is 12.4. The Morgan fingerprint density at radius 2 is 1.66 bits per heavy atom. The highest BCUT2D eigenvalue weighted by Gasteiger charge is 2.08. The summed E-state index contributed by atoms with van der Waals surface area (Å²) < 4.78 is 15.8. The maximum atomic E-state index is 12.4. The first-order valence-corrected chi connectivity index (χ1v) is 10.8. The molecule has 7 nitrogen and oxygen atoms in total. The van der Waals surface area contributed by atoms with Crippen LogP contribution in [0.5, 0.6) is 11.5 Å². The van der Waals surface area contributed by atoms with Gasteiger partial charge in [0.15, 0.2) is 12.4 Å². The van der Waals surface area contributed by atoms with Gasteiger partial charge in [0.1, 0.15) is 17.1 Å². The number of nitrogens with one attached hydrogen (secondary N) is 1. The highest BCUT2D eigenvalue weighted by atomic mass is 16.5. The van der Waals surface area contributed by atoms with Crippen molar-refractivity contribution in [2.75, 3.05) is 19.0 Å². The summed E-state index contributed by atoms with van der Waals surface area (Å²) in [7, 11) is 1.60. The van der Waals surface area contributed by atoms with Crippen LogP contribution in [-0.2, 0) is 4.79 Å². The van der Waals surface area contributed by atoms with Gasteiger partial charge in [-0.1, -0.05) is 18.2 Å². The molecular weight excluding hydrogens is 446 g/mol. The van der Waals surface area contributed by atoms with Crippen LogP contribution in [0.4, 0.5) is 5.69 Å². The number of rotatable bonds is 8. The lowest BCUT2D eigenvalue weighted by molar-refractivity contribution is -0.118. The van der Waals surface area contributed by atoms with Crippen LogP contribution in [-0.4, -0.2) is 25.4 Å². The number of hydrogen-bond acceptors (Lipinski definition) is 6. The molecule has 1 aromatic heterocycles. The zero-order valence-electron chi connectivity index (χ0n) is 19.2. The number of ketones is 1. The molecule has 0 aliphatic heterocycles. The molecule has 0 radical (unpaired) electrons. The van der Waals surface area contributed by atoms with Crippen molar-refractivity contribution in [2.24, 2.45) is 0 Å². The van der Waals surface area contributed by atoms with E-state index in [1.807, 2.05) is 31.2 Å². The normalized spacial score (nSPS) is 10.9. The van der Waals surface area contributed by atoms with Gasteiger partial charge in [-0.15, -0.1) is 0 Å². The van der Waals surface area contributed by atoms with Gasteiger partial charge in [0, 0.05) is 28.8 Å². The van der Waals surface area contributed by atoms with Crippen molar-refractivity contribution in [1.29, 1.82) is 0 Å². The van der Waals surface area contributed by atoms with Crippen LogP contribution in [0.15, 0.2) is 88.1 Å². The van der Waals surface area contributed by atoms with Crippen LogP contribution in [0.25, 0.3) is 17.0 Å². The van der Waals surface area contributed by atoms with E-state index < -0.39 is 5.63 Å². The number of methoxy groups -OCH3 is 1. The average Bonchev–Trinajstić information content (AvgIpc) is 2.86. The van der Waals surface area contributed by atoms with Gasteiger partial charge in [0.05, 0.1) is 7.11 Å². The van der Waals surface area contributed by atoms with Crippen molar-refractivity contribution >= 4 is 34.4 Å². The van der Waals surface area contributed by atoms with E-state index in [2.05, 4.69) is 5.32 Å². The van der Waals surface area contributed by atoms with Crippen LogP contribution in [0.1, 0.15) is 21.5 Å². The number of amides is 1. The molecule has 1 amide bonds. The number of allylic oxidation sites excluding steroid dienone is 1. The minimum atomic E-state index is -0.442. The number of fused-ring (bicyclic) bond motifs is 1. The van der Waals surface area contributed by atoms with Crippen LogP contribution in [0.3, 0.4) is 0 Å². The molecule has 4 aromatic rings. The quantitative estimate of drug-likeness (QED) is 0.221. The molecule has 176 valence electrons. The smallest absolute Gasteiger partial charge is 0.336 e. The Morgan fingerprint density at radius 1 is 0.943 bits per heavy atom. The Balaban J connectivity index is 1.32. The third-order valence-electron chi connectivity index (χ3n) is 5.29. The predicted octanol–water partition coefficient (Wildman–Crippen LogP) is 5.02. The molecule has 0 aliphatic rings. The SMILES string of the molecule is COc1ccc(/C=C/C(=O)c2ccc(NC(=O)COc3ccc4c(C)cc(=O)oc4c3)cc2)cc1. The van der Waals surface area contributed by atoms with Gasteiger partial charge in [-0.2, -0.15) is 0 Å². The van der Waals surface area contributed by atoms with E-state index in [4.69, 9.17) is 13.9 Å². The van der Waals surface area contributed by atoms with E-state index in [0.717, 1.165) is 22.3 Å². The van der Waals surface area contributed by atoms with Crippen molar-refractivity contribution in [3.05, 3.63) is 106 Å². The number of ether oxygens (including phenoxy) is 2. The Morgan fingerprint density at radius 3 is 2.37 bits per heavy atom. The fourth-order valence-electron chi connectivity index (χ4n) is 3.44. The average molecular weight is 469 g/mol. The van der Waals surface area contributed by atoms with Crippen LogP contribution in [0, 0.1) is 6.92 Å². The van der Waals surface area contributed by atoms with E-state index in [-0.39, 0.29) is 18.3 Å². The van der Waals surface area contributed by atoms with Gasteiger partial charge in [0.2, 0.25) is 0 Å². The fraction of sp³-hybridized carbons (Fsp3) is 0.107. The summed E-state index contributed by atoms with van der Waals surface area (Å²) >= 11 is 0. The molecule has 4 rings (SSSR count). The predicted molar refractivity (Wildman–Crippen MR) is 134 cm³/mol. The van der Waals surface area contributed by atoms with Gasteiger partial charge in [-0.05, 0) is 72.7 Å². The first-order chi connectivity index (χ1) is 16.9. The number of hydrogen-bond donors (Lipinski definition) is 1. The molecule has 0 aliphatic carbocycles. The van der Waals surface area contributed by atoms with E-state index in [1.165, 1.54) is 12.1 Å². The molecule has 7 heteroatoms. The molecule has 3 aromatic carbocycles. The maximum Gasteiger partial charge on any atom is 0.336 e. The molecule has 1 heterocycles. The molecule has 35 heavy (non-hydrogen) atoms. The molecule has 0 spiro atoms. The summed E-state index contributed by atoms with van der Waals surface area (Å²) in [6, 6.07) is 20.4. The lowest BCUT2D eigenvalue weighted by Crippen LogP contribution is -2.20. The van der Waals surface area contributed by atoms with E-state index in [0.29, 0.717) is 22.6 Å². The molecule has 0 fully saturated rings. The van der Waals surface area contributed by atoms with E-state index in [1.54, 1.807) is 55.7 Å². The van der Waals surface area contributed by atoms with Gasteiger partial charge >= 0.3 is 5.63 Å². The minimum Gasteiger partial charge on any atom is -0.497 e. The third kappa shape index (κ3) is 6.03. The van der Waals surface area contributed by atoms with Gasteiger partial charge < -0.3 is 19.2 Å². The van der Waals surface area contributed by atoms with E-state index in [9.17, 15) is 14.4 Å². The second-order valence-corrected chi connectivity index (χ2v) is 7.79. The van der Waals surface area contributed by atoms with Crippen molar-refractivity contribution in [2.45, 2.75) is 6.92 Å². The largest absolute Gasteiger partial charge is 0.497 e.